The van der Waals surface area contributed by atoms with Crippen LogP contribution in [0.4, 0.5) is 0 Å². The summed E-state index contributed by atoms with van der Waals surface area (Å²) in [5.74, 6) is -0.341. The average molecular weight is 217 g/mol. The molecule has 0 fully saturated rings. The first kappa shape index (κ1) is 14.4. The van der Waals surface area contributed by atoms with Crippen LogP contribution in [-0.2, 0) is 4.79 Å². The van der Waals surface area contributed by atoms with Crippen molar-refractivity contribution in [2.45, 2.75) is 45.8 Å². The molecule has 15 heavy (non-hydrogen) atoms. The molecule has 0 aromatic rings. The zero-order valence-corrected chi connectivity index (χ0v) is 10.1. The standard InChI is InChI=1S/C11H23NO3/c1-8(2)5-9(3)12(4)7-10(13)6-11(14)15/h8-10,13H,5-7H2,1-4H3,(H,14,15). The van der Waals surface area contributed by atoms with Crippen LogP contribution in [0.5, 0.6) is 0 Å². The van der Waals surface area contributed by atoms with Crippen LogP contribution < -0.4 is 0 Å². The van der Waals surface area contributed by atoms with Gasteiger partial charge in [-0.3, -0.25) is 4.79 Å². The monoisotopic (exact) mass is 217 g/mol. The number of carboxylic acid groups (broad SMARTS) is 1. The fourth-order valence-corrected chi connectivity index (χ4v) is 1.64. The van der Waals surface area contributed by atoms with Gasteiger partial charge < -0.3 is 15.1 Å². The molecule has 0 heterocycles. The minimum atomic E-state index is -0.951. The topological polar surface area (TPSA) is 60.8 Å². The van der Waals surface area contributed by atoms with Gasteiger partial charge in [-0.25, -0.2) is 0 Å². The average Bonchev–Trinajstić information content (AvgIpc) is 2.00. The number of carboxylic acids is 1. The Balaban J connectivity index is 3.89. The number of nitrogens with zero attached hydrogens (tertiary/aromatic N) is 1. The molecule has 0 saturated heterocycles. The quantitative estimate of drug-likeness (QED) is 0.672. The molecule has 4 nitrogen and oxygen atoms in total. The number of rotatable bonds is 7. The summed E-state index contributed by atoms with van der Waals surface area (Å²) in [5, 5.41) is 18.0. The Labute approximate surface area is 91.9 Å². The molecule has 0 aromatic carbocycles. The van der Waals surface area contributed by atoms with E-state index in [1.807, 2.05) is 11.9 Å². The van der Waals surface area contributed by atoms with Crippen LogP contribution in [0.25, 0.3) is 0 Å². The molecule has 0 amide bonds. The third-order valence-corrected chi connectivity index (χ3v) is 2.47. The molecule has 2 unspecified atom stereocenters. The predicted octanol–water partition coefficient (Wildman–Crippen LogP) is 1.19. The van der Waals surface area contributed by atoms with E-state index in [9.17, 15) is 9.90 Å². The lowest BCUT2D eigenvalue weighted by molar-refractivity contribution is -0.139. The Morgan fingerprint density at radius 3 is 2.27 bits per heavy atom. The van der Waals surface area contributed by atoms with Crippen LogP contribution in [0.15, 0.2) is 0 Å². The molecule has 0 spiro atoms. The third kappa shape index (κ3) is 7.33. The van der Waals surface area contributed by atoms with Crippen molar-refractivity contribution < 1.29 is 15.0 Å². The molecule has 2 N–H and O–H groups in total. The lowest BCUT2D eigenvalue weighted by Gasteiger charge is -2.27. The van der Waals surface area contributed by atoms with Crippen molar-refractivity contribution >= 4 is 5.97 Å². The molecule has 0 aliphatic rings. The number of carbonyl (C=O) groups is 1. The van der Waals surface area contributed by atoms with Crippen molar-refractivity contribution in [3.63, 3.8) is 0 Å². The number of aliphatic carboxylic acids is 1. The maximum absolute atomic E-state index is 10.4. The molecule has 4 heteroatoms. The highest BCUT2D eigenvalue weighted by molar-refractivity contribution is 5.67. The summed E-state index contributed by atoms with van der Waals surface area (Å²) >= 11 is 0. The van der Waals surface area contributed by atoms with E-state index in [-0.39, 0.29) is 6.42 Å². The lowest BCUT2D eigenvalue weighted by atomic mass is 10.0. The largest absolute Gasteiger partial charge is 0.481 e. The molecule has 0 aliphatic carbocycles. The number of aliphatic hydroxyl groups excluding tert-OH is 1. The summed E-state index contributed by atoms with van der Waals surface area (Å²) in [4.78, 5) is 12.4. The molecular formula is C11H23NO3. The van der Waals surface area contributed by atoms with E-state index in [2.05, 4.69) is 20.8 Å². The fourth-order valence-electron chi connectivity index (χ4n) is 1.64. The first-order valence-corrected chi connectivity index (χ1v) is 5.43. The molecule has 0 radical (unpaired) electrons. The molecule has 0 saturated carbocycles. The van der Waals surface area contributed by atoms with E-state index in [4.69, 9.17) is 5.11 Å². The van der Waals surface area contributed by atoms with Crippen LogP contribution in [-0.4, -0.2) is 46.8 Å². The van der Waals surface area contributed by atoms with Crippen LogP contribution in [0, 0.1) is 5.92 Å². The number of hydrogen-bond donors (Lipinski definition) is 2. The Morgan fingerprint density at radius 2 is 1.87 bits per heavy atom. The highest BCUT2D eigenvalue weighted by Crippen LogP contribution is 2.10. The van der Waals surface area contributed by atoms with Gasteiger partial charge in [-0.2, -0.15) is 0 Å². The van der Waals surface area contributed by atoms with Gasteiger partial charge in [0, 0.05) is 12.6 Å². The van der Waals surface area contributed by atoms with Crippen LogP contribution in [0.2, 0.25) is 0 Å². The summed E-state index contributed by atoms with van der Waals surface area (Å²) in [6.07, 6.45) is 0.0942. The second-order valence-corrected chi connectivity index (χ2v) is 4.67. The van der Waals surface area contributed by atoms with Gasteiger partial charge in [0.05, 0.1) is 12.5 Å². The van der Waals surface area contributed by atoms with E-state index in [1.54, 1.807) is 0 Å². The summed E-state index contributed by atoms with van der Waals surface area (Å²) < 4.78 is 0. The first-order chi connectivity index (χ1) is 6.82. The highest BCUT2D eigenvalue weighted by Gasteiger charge is 2.16. The van der Waals surface area contributed by atoms with Crippen molar-refractivity contribution in [2.24, 2.45) is 5.92 Å². The molecule has 0 aliphatic heterocycles. The van der Waals surface area contributed by atoms with Crippen LogP contribution in [0.3, 0.4) is 0 Å². The normalized spacial score (nSPS) is 15.7. The molecular weight excluding hydrogens is 194 g/mol. The molecule has 90 valence electrons. The number of aliphatic hydroxyl groups is 1. The summed E-state index contributed by atoms with van der Waals surface area (Å²) in [6, 6.07) is 0.369. The smallest absolute Gasteiger partial charge is 0.306 e. The SMILES string of the molecule is CC(C)CC(C)N(C)CC(O)CC(=O)O. The van der Waals surface area contributed by atoms with E-state index in [0.29, 0.717) is 18.5 Å². The van der Waals surface area contributed by atoms with E-state index in [0.717, 1.165) is 6.42 Å². The molecule has 2 atom stereocenters. The van der Waals surface area contributed by atoms with E-state index >= 15 is 0 Å². The Morgan fingerprint density at radius 1 is 1.33 bits per heavy atom. The maximum atomic E-state index is 10.4. The van der Waals surface area contributed by atoms with Gasteiger partial charge in [-0.05, 0) is 26.3 Å². The minimum Gasteiger partial charge on any atom is -0.481 e. The third-order valence-electron chi connectivity index (χ3n) is 2.47. The highest BCUT2D eigenvalue weighted by atomic mass is 16.4. The van der Waals surface area contributed by atoms with Gasteiger partial charge in [0.1, 0.15) is 0 Å². The minimum absolute atomic E-state index is 0.182. The van der Waals surface area contributed by atoms with Crippen LogP contribution in [0.1, 0.15) is 33.6 Å². The Bertz CT molecular complexity index is 194. The molecule has 0 rings (SSSR count). The zero-order chi connectivity index (χ0) is 12.0. The molecule has 0 bridgehead atoms. The van der Waals surface area contributed by atoms with Crippen molar-refractivity contribution in [3.8, 4) is 0 Å². The fraction of sp³-hybridized carbons (Fsp3) is 0.909. The number of likely N-dealkylation sites (N-methyl/N-ethyl adjacent to an activating group) is 1. The molecule has 0 aromatic heterocycles. The van der Waals surface area contributed by atoms with Crippen molar-refractivity contribution in [1.29, 1.82) is 0 Å². The Hall–Kier alpha value is -0.610. The van der Waals surface area contributed by atoms with Crippen molar-refractivity contribution in [3.05, 3.63) is 0 Å². The van der Waals surface area contributed by atoms with Gasteiger partial charge in [-0.15, -0.1) is 0 Å². The first-order valence-electron chi connectivity index (χ1n) is 5.43. The maximum Gasteiger partial charge on any atom is 0.306 e. The van der Waals surface area contributed by atoms with Gasteiger partial charge in [0.15, 0.2) is 0 Å². The number of hydrogen-bond acceptors (Lipinski definition) is 3. The van der Waals surface area contributed by atoms with Crippen LogP contribution >= 0.6 is 0 Å². The zero-order valence-electron chi connectivity index (χ0n) is 10.1. The van der Waals surface area contributed by atoms with Crippen molar-refractivity contribution in [1.82, 2.24) is 4.90 Å². The van der Waals surface area contributed by atoms with E-state index < -0.39 is 12.1 Å². The Kier molecular flexibility index (Phi) is 6.52. The lowest BCUT2D eigenvalue weighted by Crippen LogP contribution is -2.37. The van der Waals surface area contributed by atoms with E-state index in [1.165, 1.54) is 0 Å². The van der Waals surface area contributed by atoms with Gasteiger partial charge in [0.25, 0.3) is 0 Å². The van der Waals surface area contributed by atoms with Crippen molar-refractivity contribution in [2.75, 3.05) is 13.6 Å². The van der Waals surface area contributed by atoms with Gasteiger partial charge in [-0.1, -0.05) is 13.8 Å². The predicted molar refractivity (Wildman–Crippen MR) is 59.8 cm³/mol. The summed E-state index contributed by atoms with van der Waals surface area (Å²) in [5.41, 5.74) is 0. The second-order valence-electron chi connectivity index (χ2n) is 4.67. The van der Waals surface area contributed by atoms with Gasteiger partial charge >= 0.3 is 5.97 Å². The van der Waals surface area contributed by atoms with Gasteiger partial charge in [0.2, 0.25) is 0 Å². The second kappa shape index (κ2) is 6.80. The summed E-state index contributed by atoms with van der Waals surface area (Å²) in [6.45, 7) is 6.81. The summed E-state index contributed by atoms with van der Waals surface area (Å²) in [7, 11) is 1.91.